The highest BCUT2D eigenvalue weighted by Crippen LogP contribution is 2.20. The normalized spacial score (nSPS) is 13.0. The molecule has 4 atom stereocenters. The molecule has 0 unspecified atom stereocenters. The fourth-order valence-corrected chi connectivity index (χ4v) is 5.64. The zero-order chi connectivity index (χ0) is 38.2. The molecule has 0 aliphatic carbocycles. The van der Waals surface area contributed by atoms with Crippen LogP contribution in [0.3, 0.4) is 0 Å². The van der Waals surface area contributed by atoms with Crippen LogP contribution < -0.4 is 38.5 Å². The number of guanidine groups is 1. The van der Waals surface area contributed by atoms with Gasteiger partial charge in [0.25, 0.3) is 0 Å². The number of nitrogens with one attached hydrogen (secondary N) is 5. The monoisotopic (exact) mass is 722 g/mol. The highest BCUT2D eigenvalue weighted by atomic mass is 16.2. The molecular formula is C38H46N10O5. The Bertz CT molecular complexity index is 1830. The van der Waals surface area contributed by atoms with Gasteiger partial charge in [-0.1, -0.05) is 84.9 Å². The van der Waals surface area contributed by atoms with Crippen molar-refractivity contribution in [2.45, 2.75) is 63.2 Å². The third-order valence-corrected chi connectivity index (χ3v) is 8.33. The molecular weight excluding hydrogens is 676 g/mol. The zero-order valence-corrected chi connectivity index (χ0v) is 29.5. The Labute approximate surface area is 307 Å². The minimum absolute atomic E-state index is 0.0699. The largest absolute Gasteiger partial charge is 0.370 e. The van der Waals surface area contributed by atoms with Crippen LogP contribution >= 0.6 is 0 Å². The molecule has 1 aromatic heterocycles. The first kappa shape index (κ1) is 39.3. The second-order valence-electron chi connectivity index (χ2n) is 12.5. The number of nitrogens with two attached hydrogens (primary N) is 3. The van der Waals surface area contributed by atoms with E-state index >= 15 is 0 Å². The molecule has 53 heavy (non-hydrogen) atoms. The van der Waals surface area contributed by atoms with Crippen molar-refractivity contribution < 1.29 is 24.0 Å². The van der Waals surface area contributed by atoms with Crippen molar-refractivity contribution in [1.29, 1.82) is 0 Å². The van der Waals surface area contributed by atoms with E-state index in [1.165, 1.54) is 19.4 Å². The number of amides is 5. The van der Waals surface area contributed by atoms with E-state index < -0.39 is 53.7 Å². The van der Waals surface area contributed by atoms with Crippen LogP contribution in [-0.4, -0.2) is 76.2 Å². The van der Waals surface area contributed by atoms with Gasteiger partial charge in [-0.3, -0.25) is 29.0 Å². The number of hydrogen-bond acceptors (Lipinski definition) is 7. The van der Waals surface area contributed by atoms with Gasteiger partial charge < -0.3 is 43.5 Å². The highest BCUT2D eigenvalue weighted by Gasteiger charge is 2.31. The number of primary amides is 1. The minimum Gasteiger partial charge on any atom is -0.370 e. The number of carbonyl (C=O) groups excluding carboxylic acids is 5. The quantitative estimate of drug-likeness (QED) is 0.0386. The van der Waals surface area contributed by atoms with Gasteiger partial charge in [0.1, 0.15) is 24.2 Å². The number of aromatic nitrogens is 2. The molecule has 15 nitrogen and oxygen atoms in total. The Kier molecular flexibility index (Phi) is 14.7. The molecule has 0 radical (unpaired) electrons. The van der Waals surface area contributed by atoms with Gasteiger partial charge in [-0.2, -0.15) is 0 Å². The first-order valence-corrected chi connectivity index (χ1v) is 17.2. The van der Waals surface area contributed by atoms with E-state index in [1.54, 1.807) is 24.3 Å². The van der Waals surface area contributed by atoms with Crippen molar-refractivity contribution in [1.82, 2.24) is 31.2 Å². The van der Waals surface area contributed by atoms with Crippen molar-refractivity contribution in [3.8, 4) is 11.1 Å². The van der Waals surface area contributed by atoms with Crippen LogP contribution in [0, 0.1) is 0 Å². The van der Waals surface area contributed by atoms with Crippen LogP contribution in [0.1, 0.15) is 36.6 Å². The molecule has 0 saturated carbocycles. The van der Waals surface area contributed by atoms with Crippen molar-refractivity contribution >= 4 is 35.5 Å². The number of rotatable bonds is 19. The molecule has 278 valence electrons. The number of benzene rings is 3. The molecule has 0 fully saturated rings. The van der Waals surface area contributed by atoms with E-state index in [9.17, 15) is 24.0 Å². The summed E-state index contributed by atoms with van der Waals surface area (Å²) in [6.07, 6.45) is 3.63. The van der Waals surface area contributed by atoms with Gasteiger partial charge in [0.2, 0.25) is 29.5 Å². The number of carbonyl (C=O) groups is 5. The molecule has 0 aliphatic rings. The van der Waals surface area contributed by atoms with E-state index in [1.807, 2.05) is 60.7 Å². The van der Waals surface area contributed by atoms with Gasteiger partial charge >= 0.3 is 0 Å². The zero-order valence-electron chi connectivity index (χ0n) is 29.5. The molecule has 11 N–H and O–H groups in total. The lowest BCUT2D eigenvalue weighted by Gasteiger charge is -2.26. The lowest BCUT2D eigenvalue weighted by Crippen LogP contribution is -2.59. The number of H-pyrrole nitrogens is 1. The third kappa shape index (κ3) is 13.0. The van der Waals surface area contributed by atoms with E-state index in [4.69, 9.17) is 17.2 Å². The van der Waals surface area contributed by atoms with Crippen molar-refractivity contribution in [3.63, 3.8) is 0 Å². The summed E-state index contributed by atoms with van der Waals surface area (Å²) < 4.78 is 0. The molecule has 3 aromatic carbocycles. The van der Waals surface area contributed by atoms with Crippen LogP contribution in [-0.2, 0) is 43.2 Å². The third-order valence-electron chi connectivity index (χ3n) is 8.33. The van der Waals surface area contributed by atoms with Gasteiger partial charge in [-0.05, 0) is 35.1 Å². The van der Waals surface area contributed by atoms with Crippen molar-refractivity contribution in [3.05, 3.63) is 114 Å². The van der Waals surface area contributed by atoms with Crippen LogP contribution in [0.4, 0.5) is 0 Å². The molecule has 5 amide bonds. The lowest BCUT2D eigenvalue weighted by molar-refractivity contribution is -0.134. The maximum Gasteiger partial charge on any atom is 0.243 e. The molecule has 0 aliphatic heterocycles. The summed E-state index contributed by atoms with van der Waals surface area (Å²) >= 11 is 0. The fourth-order valence-electron chi connectivity index (χ4n) is 5.64. The van der Waals surface area contributed by atoms with Gasteiger partial charge in [-0.15, -0.1) is 0 Å². The number of imidazole rings is 1. The molecule has 0 saturated heterocycles. The molecule has 15 heteroatoms. The minimum atomic E-state index is -1.16. The predicted octanol–water partition coefficient (Wildman–Crippen LogP) is 0.603. The van der Waals surface area contributed by atoms with Crippen molar-refractivity contribution in [2.24, 2.45) is 22.2 Å². The first-order chi connectivity index (χ1) is 25.5. The Morgan fingerprint density at radius 1 is 0.660 bits per heavy atom. The van der Waals surface area contributed by atoms with Crippen LogP contribution in [0.25, 0.3) is 11.1 Å². The topological polar surface area (TPSA) is 253 Å². The Hall–Kier alpha value is -6.51. The highest BCUT2D eigenvalue weighted by molar-refractivity contribution is 5.95. The number of hydrogen-bond donors (Lipinski definition) is 8. The SMILES string of the molecule is CC(=O)N[C@@H](Cc1cnc[nH]1)C(=O)N[C@@H](Cc1ccccc1)C(=O)N[C@@H](CCCN=C(N)N)C(=O)N[C@@H](Cc1ccc(-c2ccccc2)cc1)C(N)=O. The van der Waals surface area contributed by atoms with Crippen LogP contribution in [0.15, 0.2) is 102 Å². The molecule has 4 rings (SSSR count). The predicted molar refractivity (Wildman–Crippen MR) is 201 cm³/mol. The summed E-state index contributed by atoms with van der Waals surface area (Å²) in [5.74, 6) is -3.27. The average Bonchev–Trinajstić information content (AvgIpc) is 3.66. The summed E-state index contributed by atoms with van der Waals surface area (Å²) in [4.78, 5) is 76.8. The number of nitrogens with zero attached hydrogens (tertiary/aromatic N) is 2. The maximum absolute atomic E-state index is 14.0. The summed E-state index contributed by atoms with van der Waals surface area (Å²) in [5, 5.41) is 10.8. The lowest BCUT2D eigenvalue weighted by atomic mass is 10.00. The maximum atomic E-state index is 14.0. The standard InChI is InChI=1S/C38H46N10O5/c1-24(49)45-33(21-29-22-42-23-44-29)37(53)48-32(20-25-9-4-2-5-10-25)36(52)46-30(13-8-18-43-38(40)41)35(51)47-31(34(39)50)19-26-14-16-28(17-15-26)27-11-6-3-7-12-27/h2-7,9-12,14-17,22-23,30-33H,8,13,18-21H2,1H3,(H2,39,50)(H,42,44)(H,45,49)(H,46,52)(H,47,51)(H,48,53)(H4,40,41,43)/t30-,31-,32-,33-/m0/s1. The van der Waals surface area contributed by atoms with Gasteiger partial charge in [0.15, 0.2) is 5.96 Å². The number of aromatic amines is 1. The summed E-state index contributed by atoms with van der Waals surface area (Å²) in [6.45, 7) is 1.46. The second-order valence-corrected chi connectivity index (χ2v) is 12.5. The Morgan fingerprint density at radius 3 is 1.77 bits per heavy atom. The second kappa shape index (κ2) is 19.8. The van der Waals surface area contributed by atoms with E-state index in [-0.39, 0.29) is 38.2 Å². The smallest absolute Gasteiger partial charge is 0.243 e. The Morgan fingerprint density at radius 2 is 1.19 bits per heavy atom. The molecule has 4 aromatic rings. The van der Waals surface area contributed by atoms with E-state index in [0.717, 1.165) is 22.3 Å². The molecule has 0 spiro atoms. The van der Waals surface area contributed by atoms with E-state index in [2.05, 4.69) is 36.2 Å². The van der Waals surface area contributed by atoms with Crippen LogP contribution in [0.5, 0.6) is 0 Å². The molecule has 0 bridgehead atoms. The number of aliphatic imine (C=N–C) groups is 1. The fraction of sp³-hybridized carbons (Fsp3) is 0.289. The average molecular weight is 723 g/mol. The van der Waals surface area contributed by atoms with Gasteiger partial charge in [0, 0.05) is 44.6 Å². The van der Waals surface area contributed by atoms with Crippen molar-refractivity contribution in [2.75, 3.05) is 6.54 Å². The molecule has 1 heterocycles. The summed E-state index contributed by atoms with van der Waals surface area (Å²) in [6, 6.07) is 21.9. The van der Waals surface area contributed by atoms with Gasteiger partial charge in [0.05, 0.1) is 6.33 Å². The Balaban J connectivity index is 1.53. The van der Waals surface area contributed by atoms with Crippen LogP contribution in [0.2, 0.25) is 0 Å². The summed E-state index contributed by atoms with van der Waals surface area (Å²) in [7, 11) is 0. The first-order valence-electron chi connectivity index (χ1n) is 17.2. The van der Waals surface area contributed by atoms with Gasteiger partial charge in [-0.25, -0.2) is 4.98 Å². The van der Waals surface area contributed by atoms with E-state index in [0.29, 0.717) is 12.1 Å². The summed E-state index contributed by atoms with van der Waals surface area (Å²) in [5.41, 5.74) is 20.8.